The Morgan fingerprint density at radius 1 is 1.60 bits per heavy atom. The molecule has 3 N–H and O–H groups in total. The van der Waals surface area contributed by atoms with Crippen LogP contribution in [-0.2, 0) is 0 Å². The molecule has 0 amide bonds. The summed E-state index contributed by atoms with van der Waals surface area (Å²) in [4.78, 5) is 0. The first kappa shape index (κ1) is 7.38. The number of oxime groups is 1. The Morgan fingerprint density at radius 3 is 2.40 bits per heavy atom. The second-order valence-electron chi connectivity index (χ2n) is 3.48. The number of hydrogen-bond acceptors (Lipinski definition) is 2. The summed E-state index contributed by atoms with van der Waals surface area (Å²) >= 11 is 0. The Labute approximate surface area is 60.9 Å². The normalized spacial score (nSPS) is 21.2. The minimum atomic E-state index is -0.102. The lowest BCUT2D eigenvalue weighted by molar-refractivity contribution is 0.303. The van der Waals surface area contributed by atoms with E-state index in [0.717, 1.165) is 0 Å². The van der Waals surface area contributed by atoms with Crippen molar-refractivity contribution in [2.75, 3.05) is 0 Å². The van der Waals surface area contributed by atoms with Crippen LogP contribution in [0.25, 0.3) is 0 Å². The molecule has 10 heavy (non-hydrogen) atoms. The van der Waals surface area contributed by atoms with Gasteiger partial charge in [0.25, 0.3) is 0 Å². The summed E-state index contributed by atoms with van der Waals surface area (Å²) in [6.45, 7) is 4.03. The third-order valence-electron chi connectivity index (χ3n) is 2.37. The van der Waals surface area contributed by atoms with E-state index < -0.39 is 0 Å². The lowest BCUT2D eigenvalue weighted by atomic mass is 9.86. The molecule has 3 nitrogen and oxygen atoms in total. The Balaban J connectivity index is 2.65. The van der Waals surface area contributed by atoms with Gasteiger partial charge in [0, 0.05) is 5.41 Å². The molecule has 1 aliphatic carbocycles. The highest BCUT2D eigenvalue weighted by Gasteiger charge is 2.40. The van der Waals surface area contributed by atoms with Gasteiger partial charge >= 0.3 is 0 Å². The molecule has 0 bridgehead atoms. The maximum atomic E-state index is 8.41. The fourth-order valence-corrected chi connectivity index (χ4v) is 1.14. The van der Waals surface area contributed by atoms with Gasteiger partial charge in [-0.05, 0) is 18.8 Å². The molecule has 0 unspecified atom stereocenters. The van der Waals surface area contributed by atoms with Crippen LogP contribution >= 0.6 is 0 Å². The molecule has 1 rings (SSSR count). The van der Waals surface area contributed by atoms with Gasteiger partial charge in [0.15, 0.2) is 0 Å². The third-order valence-corrected chi connectivity index (χ3v) is 2.37. The molecule has 0 aromatic heterocycles. The van der Waals surface area contributed by atoms with Gasteiger partial charge in [-0.15, -0.1) is 0 Å². The van der Waals surface area contributed by atoms with E-state index in [1.165, 1.54) is 12.8 Å². The van der Waals surface area contributed by atoms with E-state index in [4.69, 9.17) is 10.9 Å². The molecule has 3 heteroatoms. The minimum absolute atomic E-state index is 0.102. The third kappa shape index (κ3) is 1.08. The van der Waals surface area contributed by atoms with Gasteiger partial charge in [-0.2, -0.15) is 0 Å². The number of amidine groups is 1. The maximum Gasteiger partial charge on any atom is 0.145 e. The highest BCUT2D eigenvalue weighted by Crippen LogP contribution is 2.45. The van der Waals surface area contributed by atoms with E-state index >= 15 is 0 Å². The lowest BCUT2D eigenvalue weighted by Crippen LogP contribution is -2.33. The molecule has 0 aromatic rings. The number of hydrogen-bond donors (Lipinski definition) is 2. The first-order valence-corrected chi connectivity index (χ1v) is 3.57. The molecule has 1 fully saturated rings. The maximum absolute atomic E-state index is 8.41. The number of nitrogens with zero attached hydrogens (tertiary/aromatic N) is 1. The molecule has 0 radical (unpaired) electrons. The molecular formula is C7H14N2O. The van der Waals surface area contributed by atoms with Crippen molar-refractivity contribution in [2.45, 2.75) is 26.7 Å². The van der Waals surface area contributed by atoms with Crippen LogP contribution in [0.3, 0.4) is 0 Å². The van der Waals surface area contributed by atoms with E-state index in [0.29, 0.717) is 11.8 Å². The van der Waals surface area contributed by atoms with Gasteiger partial charge in [0.1, 0.15) is 5.84 Å². The Bertz CT molecular complexity index is 159. The van der Waals surface area contributed by atoms with E-state index in [1.54, 1.807) is 0 Å². The average Bonchev–Trinajstić information content (AvgIpc) is 2.66. The zero-order valence-electron chi connectivity index (χ0n) is 6.46. The zero-order valence-corrected chi connectivity index (χ0v) is 6.46. The quantitative estimate of drug-likeness (QED) is 0.263. The lowest BCUT2D eigenvalue weighted by Gasteiger charge is -2.21. The van der Waals surface area contributed by atoms with Crippen LogP contribution < -0.4 is 5.73 Å². The molecule has 0 atom stereocenters. The summed E-state index contributed by atoms with van der Waals surface area (Å²) in [6, 6.07) is 0. The molecule has 0 aliphatic heterocycles. The van der Waals surface area contributed by atoms with Crippen LogP contribution in [0.4, 0.5) is 0 Å². The van der Waals surface area contributed by atoms with Crippen LogP contribution in [0.2, 0.25) is 0 Å². The molecule has 0 saturated heterocycles. The van der Waals surface area contributed by atoms with Crippen LogP contribution in [0.15, 0.2) is 5.16 Å². The second-order valence-corrected chi connectivity index (χ2v) is 3.48. The zero-order chi connectivity index (χ0) is 7.78. The van der Waals surface area contributed by atoms with Crippen molar-refractivity contribution in [3.05, 3.63) is 0 Å². The second kappa shape index (κ2) is 2.15. The SMILES string of the molecule is CC(C)(/C(N)=N/O)C1CC1. The Morgan fingerprint density at radius 2 is 2.10 bits per heavy atom. The van der Waals surface area contributed by atoms with Gasteiger partial charge < -0.3 is 10.9 Å². The van der Waals surface area contributed by atoms with Gasteiger partial charge in [-0.25, -0.2) is 0 Å². The molecule has 1 saturated carbocycles. The minimum Gasteiger partial charge on any atom is -0.409 e. The summed E-state index contributed by atoms with van der Waals surface area (Å²) < 4.78 is 0. The van der Waals surface area contributed by atoms with Gasteiger partial charge in [-0.3, -0.25) is 0 Å². The highest BCUT2D eigenvalue weighted by atomic mass is 16.4. The van der Waals surface area contributed by atoms with E-state index in [2.05, 4.69) is 5.16 Å². The van der Waals surface area contributed by atoms with Crippen molar-refractivity contribution < 1.29 is 5.21 Å². The molecule has 0 aromatic carbocycles. The smallest absolute Gasteiger partial charge is 0.145 e. The van der Waals surface area contributed by atoms with Crippen molar-refractivity contribution in [3.8, 4) is 0 Å². The molecular weight excluding hydrogens is 128 g/mol. The predicted octanol–water partition coefficient (Wildman–Crippen LogP) is 1.17. The highest BCUT2D eigenvalue weighted by molar-refractivity contribution is 5.85. The monoisotopic (exact) mass is 142 g/mol. The van der Waals surface area contributed by atoms with Crippen LogP contribution in [0.1, 0.15) is 26.7 Å². The summed E-state index contributed by atoms with van der Waals surface area (Å²) in [5.41, 5.74) is 5.39. The fraction of sp³-hybridized carbons (Fsp3) is 0.857. The van der Waals surface area contributed by atoms with E-state index in [1.807, 2.05) is 13.8 Å². The average molecular weight is 142 g/mol. The van der Waals surface area contributed by atoms with Crippen molar-refractivity contribution in [3.63, 3.8) is 0 Å². The van der Waals surface area contributed by atoms with Gasteiger partial charge in [-0.1, -0.05) is 19.0 Å². The first-order valence-electron chi connectivity index (χ1n) is 3.57. The number of rotatable bonds is 2. The first-order chi connectivity index (χ1) is 4.59. The van der Waals surface area contributed by atoms with Gasteiger partial charge in [0.2, 0.25) is 0 Å². The fourth-order valence-electron chi connectivity index (χ4n) is 1.14. The summed E-state index contributed by atoms with van der Waals surface area (Å²) in [5, 5.41) is 11.4. The van der Waals surface area contributed by atoms with Gasteiger partial charge in [0.05, 0.1) is 0 Å². The van der Waals surface area contributed by atoms with E-state index in [9.17, 15) is 0 Å². The predicted molar refractivity (Wildman–Crippen MR) is 39.9 cm³/mol. The Hall–Kier alpha value is -0.730. The topological polar surface area (TPSA) is 58.6 Å². The number of nitrogens with two attached hydrogens (primary N) is 1. The summed E-state index contributed by atoms with van der Waals surface area (Å²) in [5.74, 6) is 0.985. The molecule has 0 spiro atoms. The standard InChI is InChI=1S/C7H14N2O/c1-7(2,5-3-4-5)6(8)9-10/h5,10H,3-4H2,1-2H3,(H2,8,9). The molecule has 1 aliphatic rings. The van der Waals surface area contributed by atoms with Crippen LogP contribution in [0, 0.1) is 11.3 Å². The summed E-state index contributed by atoms with van der Waals surface area (Å²) in [7, 11) is 0. The van der Waals surface area contributed by atoms with Crippen molar-refractivity contribution in [1.82, 2.24) is 0 Å². The summed E-state index contributed by atoms with van der Waals surface area (Å²) in [6.07, 6.45) is 2.42. The van der Waals surface area contributed by atoms with Crippen molar-refractivity contribution >= 4 is 5.84 Å². The van der Waals surface area contributed by atoms with E-state index in [-0.39, 0.29) is 5.41 Å². The molecule has 58 valence electrons. The molecule has 0 heterocycles. The Kier molecular flexibility index (Phi) is 1.58. The van der Waals surface area contributed by atoms with Crippen LogP contribution in [0.5, 0.6) is 0 Å². The van der Waals surface area contributed by atoms with Crippen molar-refractivity contribution in [2.24, 2.45) is 22.2 Å². The largest absolute Gasteiger partial charge is 0.409 e. The van der Waals surface area contributed by atoms with Crippen molar-refractivity contribution in [1.29, 1.82) is 0 Å². The van der Waals surface area contributed by atoms with Crippen LogP contribution in [-0.4, -0.2) is 11.0 Å².